The Balaban J connectivity index is 1.63. The molecule has 3 aromatic carbocycles. The number of rotatable bonds is 8. The number of halogens is 7. The summed E-state index contributed by atoms with van der Waals surface area (Å²) >= 11 is 0. The number of nitrogens with zero attached hydrogens (tertiary/aromatic N) is 4. The summed E-state index contributed by atoms with van der Waals surface area (Å²) in [6.45, 7) is 2.58. The summed E-state index contributed by atoms with van der Waals surface area (Å²) in [7, 11) is -1.47. The van der Waals surface area contributed by atoms with E-state index in [1.807, 2.05) is 4.31 Å². The molecule has 8 nitrogen and oxygen atoms in total. The Bertz CT molecular complexity index is 1780. The predicted molar refractivity (Wildman–Crippen MR) is 158 cm³/mol. The highest BCUT2D eigenvalue weighted by molar-refractivity contribution is 7.82. The average Bonchev–Trinajstić information content (AvgIpc) is 3.67. The molecular weight excluding hydrogens is 641 g/mol. The summed E-state index contributed by atoms with van der Waals surface area (Å²) in [4.78, 5) is 4.01. The van der Waals surface area contributed by atoms with Crippen molar-refractivity contribution in [1.82, 2.24) is 13.9 Å². The second-order valence-electron chi connectivity index (χ2n) is 10.3. The van der Waals surface area contributed by atoms with Gasteiger partial charge in [0.1, 0.15) is 34.1 Å². The monoisotopic (exact) mass is 668 g/mol. The molecule has 0 amide bonds. The van der Waals surface area contributed by atoms with Crippen LogP contribution in [0.2, 0.25) is 0 Å². The van der Waals surface area contributed by atoms with Gasteiger partial charge in [-0.05, 0) is 79.4 Å². The number of hydrogen-bond acceptors (Lipinski definition) is 6. The van der Waals surface area contributed by atoms with Crippen LogP contribution in [-0.2, 0) is 17.2 Å². The van der Waals surface area contributed by atoms with E-state index in [0.717, 1.165) is 46.8 Å². The number of aryl methyl sites for hydroxylation is 1. The first-order chi connectivity index (χ1) is 21.7. The maximum absolute atomic E-state index is 16.2. The number of hydrazine groups is 1. The van der Waals surface area contributed by atoms with Crippen LogP contribution in [0.5, 0.6) is 5.75 Å². The summed E-state index contributed by atoms with van der Waals surface area (Å²) in [5, 5.41) is 0.903. The topological polar surface area (TPSA) is 103 Å². The average molecular weight is 669 g/mol. The second-order valence-corrected chi connectivity index (χ2v) is 11.8. The Kier molecular flexibility index (Phi) is 9.15. The molecule has 0 radical (unpaired) electrons. The Hall–Kier alpha value is -4.41. The van der Waals surface area contributed by atoms with Crippen molar-refractivity contribution in [2.75, 3.05) is 18.1 Å². The highest BCUT2D eigenvalue weighted by Gasteiger charge is 2.35. The standard InChI is InChI=1S/C30H27F7N6O2S/c1-18-40-27(29(32,33)34)17-42(18)28-24(31)14-21(20-5-4-6-23(13-20)46(44)41-11-2-3-12-41)15-25(28)43(39)26(16-38)19-7-9-22(10-8-19)45-30(35,36)37/h4-10,13-17H,2-3,11-12,38-39H2,1H3/b26-16-. The van der Waals surface area contributed by atoms with Crippen LogP contribution in [0.3, 0.4) is 0 Å². The summed E-state index contributed by atoms with van der Waals surface area (Å²) in [5.41, 5.74) is 4.86. The van der Waals surface area contributed by atoms with Gasteiger partial charge in [0.05, 0.1) is 16.3 Å². The van der Waals surface area contributed by atoms with Gasteiger partial charge in [-0.25, -0.2) is 23.7 Å². The molecule has 2 heterocycles. The minimum Gasteiger partial charge on any atom is -0.406 e. The van der Waals surface area contributed by atoms with Crippen LogP contribution in [0.4, 0.5) is 36.4 Å². The fraction of sp³-hybridized carbons (Fsp3) is 0.233. The van der Waals surface area contributed by atoms with Crippen LogP contribution >= 0.6 is 0 Å². The van der Waals surface area contributed by atoms with Gasteiger partial charge in [0.15, 0.2) is 5.69 Å². The van der Waals surface area contributed by atoms with E-state index < -0.39 is 46.5 Å². The molecule has 1 unspecified atom stereocenters. The summed E-state index contributed by atoms with van der Waals surface area (Å²) < 4.78 is 115. The zero-order valence-electron chi connectivity index (χ0n) is 24.1. The Labute approximate surface area is 261 Å². The van der Waals surface area contributed by atoms with Gasteiger partial charge >= 0.3 is 12.5 Å². The maximum Gasteiger partial charge on any atom is 0.573 e. The summed E-state index contributed by atoms with van der Waals surface area (Å²) in [6, 6.07) is 13.6. The molecule has 1 aliphatic rings. The third-order valence-electron chi connectivity index (χ3n) is 7.19. The predicted octanol–water partition coefficient (Wildman–Crippen LogP) is 6.66. The molecular formula is C30H27F7N6O2S. The zero-order chi connectivity index (χ0) is 33.4. The van der Waals surface area contributed by atoms with Gasteiger partial charge in [-0.2, -0.15) is 13.2 Å². The van der Waals surface area contributed by atoms with E-state index in [4.69, 9.17) is 11.6 Å². The number of alkyl halides is 6. The van der Waals surface area contributed by atoms with Crippen LogP contribution in [0.25, 0.3) is 22.5 Å². The van der Waals surface area contributed by atoms with E-state index in [-0.39, 0.29) is 28.3 Å². The number of anilines is 1. The van der Waals surface area contributed by atoms with Crippen LogP contribution in [0.1, 0.15) is 29.9 Å². The Morgan fingerprint density at radius 3 is 2.26 bits per heavy atom. The minimum atomic E-state index is -4.93. The largest absolute Gasteiger partial charge is 0.573 e. The number of ether oxygens (including phenoxy) is 1. The number of hydrogen-bond donors (Lipinski definition) is 2. The van der Waals surface area contributed by atoms with Crippen LogP contribution in [0.15, 0.2) is 78.0 Å². The van der Waals surface area contributed by atoms with Gasteiger partial charge in [-0.15, -0.1) is 13.2 Å². The molecule has 0 aliphatic carbocycles. The maximum atomic E-state index is 16.2. The van der Waals surface area contributed by atoms with E-state index in [0.29, 0.717) is 29.7 Å². The molecule has 1 aromatic heterocycles. The number of benzene rings is 3. The molecule has 5 rings (SSSR count). The first-order valence-corrected chi connectivity index (χ1v) is 14.8. The van der Waals surface area contributed by atoms with Gasteiger partial charge < -0.3 is 10.5 Å². The molecule has 4 aromatic rings. The Morgan fingerprint density at radius 2 is 1.67 bits per heavy atom. The smallest absolute Gasteiger partial charge is 0.406 e. The van der Waals surface area contributed by atoms with Gasteiger partial charge in [-0.3, -0.25) is 9.58 Å². The van der Waals surface area contributed by atoms with E-state index >= 15 is 4.39 Å². The van der Waals surface area contributed by atoms with Gasteiger partial charge in [0.25, 0.3) is 0 Å². The third kappa shape index (κ3) is 7.03. The molecule has 0 spiro atoms. The SMILES string of the molecule is Cc1nc(C(F)(F)F)cn1-c1c(F)cc(-c2cccc(S(=O)N3CCCC3)c2)cc1N(N)/C(=C\N)c1ccc(OC(F)(F)F)cc1. The number of nitrogens with two attached hydrogens (primary N) is 2. The lowest BCUT2D eigenvalue weighted by molar-refractivity contribution is -0.274. The summed E-state index contributed by atoms with van der Waals surface area (Å²) in [5.74, 6) is 4.77. The lowest BCUT2D eigenvalue weighted by Crippen LogP contribution is -2.31. The van der Waals surface area contributed by atoms with Crippen LogP contribution in [0, 0.1) is 12.7 Å². The first-order valence-electron chi connectivity index (χ1n) is 13.7. The Morgan fingerprint density at radius 1 is 1.00 bits per heavy atom. The van der Waals surface area contributed by atoms with Crippen molar-refractivity contribution in [3.8, 4) is 22.6 Å². The van der Waals surface area contributed by atoms with Gasteiger partial charge in [0, 0.05) is 31.0 Å². The van der Waals surface area contributed by atoms with Crippen LogP contribution < -0.4 is 21.3 Å². The normalized spacial score (nSPS) is 15.3. The van der Waals surface area contributed by atoms with E-state index in [9.17, 15) is 30.6 Å². The zero-order valence-corrected chi connectivity index (χ0v) is 24.9. The fourth-order valence-corrected chi connectivity index (χ4v) is 6.38. The van der Waals surface area contributed by atoms with Crippen molar-refractivity contribution in [3.05, 3.63) is 96.0 Å². The van der Waals surface area contributed by atoms with Crippen molar-refractivity contribution in [3.63, 3.8) is 0 Å². The van der Waals surface area contributed by atoms with Gasteiger partial charge in [-0.1, -0.05) is 12.1 Å². The van der Waals surface area contributed by atoms with E-state index in [2.05, 4.69) is 9.72 Å². The van der Waals surface area contributed by atoms with Crippen molar-refractivity contribution in [2.24, 2.45) is 11.6 Å². The molecule has 1 fully saturated rings. The van der Waals surface area contributed by atoms with Crippen molar-refractivity contribution < 1.29 is 39.7 Å². The molecule has 1 atom stereocenters. The molecule has 0 saturated carbocycles. The molecule has 0 bridgehead atoms. The molecule has 1 aliphatic heterocycles. The third-order valence-corrected chi connectivity index (χ3v) is 8.68. The minimum absolute atomic E-state index is 0.0333. The van der Waals surface area contributed by atoms with Crippen molar-refractivity contribution >= 4 is 22.4 Å². The molecule has 16 heteroatoms. The molecule has 4 N–H and O–H groups in total. The van der Waals surface area contributed by atoms with E-state index in [1.54, 1.807) is 24.3 Å². The highest BCUT2D eigenvalue weighted by atomic mass is 32.2. The van der Waals surface area contributed by atoms with Gasteiger partial charge in [0.2, 0.25) is 0 Å². The fourth-order valence-electron chi connectivity index (χ4n) is 5.07. The lowest BCUT2D eigenvalue weighted by atomic mass is 10.0. The summed E-state index contributed by atoms with van der Waals surface area (Å²) in [6.07, 6.45) is -6.31. The number of aromatic nitrogens is 2. The van der Waals surface area contributed by atoms with Crippen molar-refractivity contribution in [2.45, 2.75) is 37.2 Å². The number of imidazole rings is 1. The van der Waals surface area contributed by atoms with E-state index in [1.165, 1.54) is 25.1 Å². The highest BCUT2D eigenvalue weighted by Crippen LogP contribution is 2.38. The van der Waals surface area contributed by atoms with Crippen molar-refractivity contribution in [1.29, 1.82) is 0 Å². The molecule has 244 valence electrons. The molecule has 46 heavy (non-hydrogen) atoms. The second kappa shape index (κ2) is 12.8. The quantitative estimate of drug-likeness (QED) is 0.124. The lowest BCUT2D eigenvalue weighted by Gasteiger charge is -2.26. The van der Waals surface area contributed by atoms with Crippen LogP contribution in [-0.4, -0.2) is 37.5 Å². The first kappa shape index (κ1) is 33.0. The molecule has 1 saturated heterocycles.